The van der Waals surface area contributed by atoms with Crippen LogP contribution in [0.15, 0.2) is 12.1 Å². The van der Waals surface area contributed by atoms with E-state index in [9.17, 15) is 8.78 Å². The third-order valence-electron chi connectivity index (χ3n) is 4.33. The van der Waals surface area contributed by atoms with Crippen LogP contribution < -0.4 is 5.32 Å². The fraction of sp³-hybridized carbons (Fsp3) is 0.571. The lowest BCUT2D eigenvalue weighted by atomic mass is 9.95. The van der Waals surface area contributed by atoms with Crippen molar-refractivity contribution in [3.8, 4) is 0 Å². The maximum Gasteiger partial charge on any atom is 0.146 e. The van der Waals surface area contributed by atoms with Crippen molar-refractivity contribution in [3.05, 3.63) is 29.3 Å². The van der Waals surface area contributed by atoms with Crippen LogP contribution in [0.2, 0.25) is 0 Å². The number of rotatable bonds is 2. The minimum atomic E-state index is -0.341. The molecule has 17 heavy (non-hydrogen) atoms. The normalized spacial score (nSPS) is 30.9. The average molecular weight is 237 g/mol. The first-order valence-corrected chi connectivity index (χ1v) is 6.35. The van der Waals surface area contributed by atoms with Gasteiger partial charge in [0.15, 0.2) is 0 Å². The smallest absolute Gasteiger partial charge is 0.146 e. The lowest BCUT2D eigenvalue weighted by Crippen LogP contribution is -2.26. The highest BCUT2D eigenvalue weighted by atomic mass is 19.1. The van der Waals surface area contributed by atoms with E-state index < -0.39 is 0 Å². The Morgan fingerprint density at radius 2 is 1.94 bits per heavy atom. The lowest BCUT2D eigenvalue weighted by molar-refractivity contribution is 0.437. The van der Waals surface area contributed by atoms with Crippen molar-refractivity contribution in [2.24, 2.45) is 11.8 Å². The van der Waals surface area contributed by atoms with E-state index in [0.717, 1.165) is 12.3 Å². The predicted molar refractivity (Wildman–Crippen MR) is 64.0 cm³/mol. The molecule has 0 spiro atoms. The summed E-state index contributed by atoms with van der Waals surface area (Å²) < 4.78 is 27.1. The standard InChI is InChI=1S/C14H17F2N/c1-8-4-12(16)14(7-11(8)15)17-13-6-9-2-3-10(13)5-9/h4,7,9-10,13,17H,2-3,5-6H2,1H3. The third-order valence-corrected chi connectivity index (χ3v) is 4.33. The van der Waals surface area contributed by atoms with Crippen LogP contribution in [0.4, 0.5) is 14.5 Å². The summed E-state index contributed by atoms with van der Waals surface area (Å²) in [5, 5.41) is 3.19. The Morgan fingerprint density at radius 3 is 2.59 bits per heavy atom. The quantitative estimate of drug-likeness (QED) is 0.823. The average Bonchev–Trinajstić information content (AvgIpc) is 2.87. The first-order chi connectivity index (χ1) is 8.13. The maximum absolute atomic E-state index is 13.7. The molecule has 0 aliphatic heterocycles. The van der Waals surface area contributed by atoms with E-state index in [1.165, 1.54) is 31.4 Å². The Bertz CT molecular complexity index is 444. The van der Waals surface area contributed by atoms with Gasteiger partial charge in [-0.05, 0) is 49.7 Å². The molecule has 3 heteroatoms. The molecule has 2 aliphatic rings. The molecule has 1 nitrogen and oxygen atoms in total. The number of fused-ring (bicyclic) bond motifs is 2. The Morgan fingerprint density at radius 1 is 1.12 bits per heavy atom. The summed E-state index contributed by atoms with van der Waals surface area (Å²) in [7, 11) is 0. The number of halogens is 2. The Kier molecular flexibility index (Phi) is 2.57. The van der Waals surface area contributed by atoms with Crippen LogP contribution in [0.5, 0.6) is 0 Å². The minimum absolute atomic E-state index is 0.325. The van der Waals surface area contributed by atoms with Gasteiger partial charge in [0.2, 0.25) is 0 Å². The number of hydrogen-bond donors (Lipinski definition) is 1. The molecule has 0 saturated heterocycles. The Balaban J connectivity index is 1.79. The molecule has 2 bridgehead atoms. The molecule has 3 atom stereocenters. The summed E-state index contributed by atoms with van der Waals surface area (Å²) in [6, 6.07) is 2.90. The topological polar surface area (TPSA) is 12.0 Å². The van der Waals surface area contributed by atoms with Gasteiger partial charge in [-0.15, -0.1) is 0 Å². The summed E-state index contributed by atoms with van der Waals surface area (Å²) in [4.78, 5) is 0. The fourth-order valence-electron chi connectivity index (χ4n) is 3.38. The summed E-state index contributed by atoms with van der Waals surface area (Å²) in [6.07, 6.45) is 4.92. The predicted octanol–water partition coefficient (Wildman–Crippen LogP) is 3.87. The number of aryl methyl sites for hydroxylation is 1. The molecule has 2 saturated carbocycles. The number of benzene rings is 1. The van der Waals surface area contributed by atoms with Crippen LogP contribution in [0.3, 0.4) is 0 Å². The monoisotopic (exact) mass is 237 g/mol. The summed E-state index contributed by atoms with van der Waals surface area (Å²) in [6.45, 7) is 1.58. The van der Waals surface area contributed by atoms with Gasteiger partial charge in [-0.1, -0.05) is 6.42 Å². The molecule has 0 radical (unpaired) electrons. The highest BCUT2D eigenvalue weighted by Crippen LogP contribution is 2.45. The number of nitrogens with one attached hydrogen (secondary N) is 1. The molecular weight excluding hydrogens is 220 g/mol. The molecule has 0 heterocycles. The van der Waals surface area contributed by atoms with Crippen LogP contribution in [0.1, 0.15) is 31.2 Å². The van der Waals surface area contributed by atoms with Crippen molar-refractivity contribution in [3.63, 3.8) is 0 Å². The first-order valence-electron chi connectivity index (χ1n) is 6.35. The molecule has 3 rings (SSSR count). The second-order valence-corrected chi connectivity index (χ2v) is 5.51. The van der Waals surface area contributed by atoms with Crippen LogP contribution in [0, 0.1) is 30.4 Å². The van der Waals surface area contributed by atoms with Crippen LogP contribution >= 0.6 is 0 Å². The van der Waals surface area contributed by atoms with E-state index in [2.05, 4.69) is 5.32 Å². The Hall–Kier alpha value is -1.12. The number of hydrogen-bond acceptors (Lipinski definition) is 1. The zero-order chi connectivity index (χ0) is 12.0. The van der Waals surface area contributed by atoms with E-state index in [1.807, 2.05) is 0 Å². The van der Waals surface area contributed by atoms with Gasteiger partial charge in [0.25, 0.3) is 0 Å². The molecule has 0 aromatic heterocycles. The molecule has 1 aromatic rings. The summed E-state index contributed by atoms with van der Waals surface area (Å²) in [5.74, 6) is 0.781. The molecule has 1 N–H and O–H groups in total. The van der Waals surface area contributed by atoms with E-state index in [1.54, 1.807) is 6.92 Å². The first kappa shape index (κ1) is 11.0. The molecular formula is C14H17F2N. The van der Waals surface area contributed by atoms with Crippen LogP contribution in [-0.2, 0) is 0 Å². The van der Waals surface area contributed by atoms with Crippen molar-refractivity contribution in [1.82, 2.24) is 0 Å². The largest absolute Gasteiger partial charge is 0.380 e. The van der Waals surface area contributed by atoms with Gasteiger partial charge in [0.1, 0.15) is 11.6 Å². The molecule has 92 valence electrons. The van der Waals surface area contributed by atoms with Crippen molar-refractivity contribution in [2.45, 2.75) is 38.6 Å². The van der Waals surface area contributed by atoms with E-state index in [0.29, 0.717) is 23.2 Å². The highest BCUT2D eigenvalue weighted by molar-refractivity contribution is 5.48. The van der Waals surface area contributed by atoms with Gasteiger partial charge in [-0.3, -0.25) is 0 Å². The molecule has 3 unspecified atom stereocenters. The van der Waals surface area contributed by atoms with Crippen LogP contribution in [-0.4, -0.2) is 6.04 Å². The fourth-order valence-corrected chi connectivity index (χ4v) is 3.38. The Labute approximate surface area is 100 Å². The van der Waals surface area contributed by atoms with Crippen molar-refractivity contribution in [2.75, 3.05) is 5.32 Å². The van der Waals surface area contributed by atoms with Crippen LogP contribution in [0.25, 0.3) is 0 Å². The lowest BCUT2D eigenvalue weighted by Gasteiger charge is -2.24. The molecule has 1 aromatic carbocycles. The van der Waals surface area contributed by atoms with E-state index >= 15 is 0 Å². The van der Waals surface area contributed by atoms with Crippen molar-refractivity contribution in [1.29, 1.82) is 0 Å². The molecule has 2 aliphatic carbocycles. The summed E-state index contributed by atoms with van der Waals surface area (Å²) in [5.41, 5.74) is 0.687. The maximum atomic E-state index is 13.7. The SMILES string of the molecule is Cc1cc(F)c(NC2CC3CCC2C3)cc1F. The zero-order valence-electron chi connectivity index (χ0n) is 9.97. The van der Waals surface area contributed by atoms with Crippen molar-refractivity contribution < 1.29 is 8.78 Å². The van der Waals surface area contributed by atoms with Gasteiger partial charge in [0, 0.05) is 12.1 Å². The van der Waals surface area contributed by atoms with Gasteiger partial charge in [0.05, 0.1) is 5.69 Å². The second-order valence-electron chi connectivity index (χ2n) is 5.51. The highest BCUT2D eigenvalue weighted by Gasteiger charge is 2.39. The zero-order valence-corrected chi connectivity index (χ0v) is 9.97. The van der Waals surface area contributed by atoms with Gasteiger partial charge < -0.3 is 5.32 Å². The van der Waals surface area contributed by atoms with E-state index in [4.69, 9.17) is 0 Å². The third kappa shape index (κ3) is 1.92. The van der Waals surface area contributed by atoms with Crippen molar-refractivity contribution >= 4 is 5.69 Å². The molecule has 0 amide bonds. The second kappa shape index (κ2) is 3.97. The molecule has 2 fully saturated rings. The minimum Gasteiger partial charge on any atom is -0.380 e. The van der Waals surface area contributed by atoms with Gasteiger partial charge in [-0.25, -0.2) is 8.78 Å². The van der Waals surface area contributed by atoms with Gasteiger partial charge in [-0.2, -0.15) is 0 Å². The van der Waals surface area contributed by atoms with Gasteiger partial charge >= 0.3 is 0 Å². The summed E-state index contributed by atoms with van der Waals surface area (Å²) >= 11 is 0. The number of anilines is 1. The van der Waals surface area contributed by atoms with E-state index in [-0.39, 0.29) is 11.6 Å².